The van der Waals surface area contributed by atoms with Gasteiger partial charge >= 0.3 is 0 Å². The molecule has 0 amide bonds. The van der Waals surface area contributed by atoms with E-state index in [1.807, 2.05) is 6.92 Å². The molecule has 1 aliphatic heterocycles. The Morgan fingerprint density at radius 2 is 1.81 bits per heavy atom. The Bertz CT molecular complexity index is 275. The molecule has 8 heteroatoms. The molecule has 0 spiro atoms. The number of rotatable bonds is 9. The molecule has 0 radical (unpaired) electrons. The summed E-state index contributed by atoms with van der Waals surface area (Å²) in [7, 11) is 0. The predicted molar refractivity (Wildman–Crippen MR) is 71.5 cm³/mol. The summed E-state index contributed by atoms with van der Waals surface area (Å²) in [6.07, 6.45) is -5.62. The lowest BCUT2D eigenvalue weighted by Gasteiger charge is -2.39. The molecule has 1 rings (SSSR count). The first kappa shape index (κ1) is 18.7. The highest BCUT2D eigenvalue weighted by atomic mass is 16.7. The first-order chi connectivity index (χ1) is 10.0. The van der Waals surface area contributed by atoms with E-state index < -0.39 is 43.4 Å². The van der Waals surface area contributed by atoms with Gasteiger partial charge in [0.05, 0.1) is 19.8 Å². The van der Waals surface area contributed by atoms with E-state index in [-0.39, 0.29) is 13.2 Å². The van der Waals surface area contributed by atoms with Crippen LogP contribution in [0.25, 0.3) is 0 Å². The maximum absolute atomic E-state index is 9.73. The minimum atomic E-state index is -1.49. The summed E-state index contributed by atoms with van der Waals surface area (Å²) in [6, 6.07) is 0. The van der Waals surface area contributed by atoms with Crippen LogP contribution < -0.4 is 0 Å². The third-order valence-corrected chi connectivity index (χ3v) is 3.25. The van der Waals surface area contributed by atoms with Gasteiger partial charge in [0.1, 0.15) is 30.5 Å². The van der Waals surface area contributed by atoms with E-state index in [0.29, 0.717) is 6.61 Å². The fourth-order valence-corrected chi connectivity index (χ4v) is 1.92. The van der Waals surface area contributed by atoms with E-state index in [1.54, 1.807) is 0 Å². The minimum Gasteiger partial charge on any atom is -0.394 e. The summed E-state index contributed by atoms with van der Waals surface area (Å²) in [4.78, 5) is 0. The molecule has 0 bridgehead atoms. The van der Waals surface area contributed by atoms with E-state index in [4.69, 9.17) is 19.3 Å². The van der Waals surface area contributed by atoms with Crippen molar-refractivity contribution >= 4 is 0 Å². The van der Waals surface area contributed by atoms with Crippen molar-refractivity contribution in [3.05, 3.63) is 0 Å². The Balaban J connectivity index is 2.32. The van der Waals surface area contributed by atoms with Crippen molar-refractivity contribution in [2.75, 3.05) is 26.4 Å². The molecular weight excluding hydrogens is 284 g/mol. The molecule has 8 nitrogen and oxygen atoms in total. The Hall–Kier alpha value is -0.320. The number of unbranched alkanes of at least 4 members (excludes halogenated alkanes) is 1. The van der Waals surface area contributed by atoms with Crippen molar-refractivity contribution in [1.82, 2.24) is 0 Å². The first-order valence-electron chi connectivity index (χ1n) is 7.19. The number of hydrogen-bond donors (Lipinski definition) is 5. The van der Waals surface area contributed by atoms with Gasteiger partial charge in [0.25, 0.3) is 0 Å². The molecule has 1 aliphatic rings. The summed E-state index contributed by atoms with van der Waals surface area (Å²) < 4.78 is 15.5. The number of hydrogen-bond acceptors (Lipinski definition) is 8. The van der Waals surface area contributed by atoms with Crippen LogP contribution in [0.2, 0.25) is 0 Å². The molecule has 0 aromatic rings. The maximum atomic E-state index is 9.73. The number of aliphatic hydroxyl groups excluding tert-OH is 5. The minimum absolute atomic E-state index is 0.0947. The highest BCUT2D eigenvalue weighted by Crippen LogP contribution is 2.21. The topological polar surface area (TPSA) is 129 Å². The average Bonchev–Trinajstić information content (AvgIpc) is 2.48. The Morgan fingerprint density at radius 1 is 1.10 bits per heavy atom. The Labute approximate surface area is 123 Å². The third kappa shape index (κ3) is 5.76. The van der Waals surface area contributed by atoms with E-state index in [0.717, 1.165) is 12.8 Å². The largest absolute Gasteiger partial charge is 0.394 e. The monoisotopic (exact) mass is 310 g/mol. The molecule has 6 atom stereocenters. The molecule has 1 fully saturated rings. The summed E-state index contributed by atoms with van der Waals surface area (Å²) >= 11 is 0. The van der Waals surface area contributed by atoms with Gasteiger partial charge in [-0.3, -0.25) is 0 Å². The van der Waals surface area contributed by atoms with Gasteiger partial charge in [0.15, 0.2) is 6.29 Å². The standard InChI is InChI=1S/C13H26O8/c1-2-3-4-19-6-8(15)7-20-13-12(18)11(17)10(16)9(5-14)21-13/h8-18H,2-7H2,1H3/t8?,9-,10+,11+,12-,13+/m1/s1. The van der Waals surface area contributed by atoms with Crippen LogP contribution in [0.3, 0.4) is 0 Å². The van der Waals surface area contributed by atoms with Gasteiger partial charge in [0, 0.05) is 6.61 Å². The van der Waals surface area contributed by atoms with E-state index in [1.165, 1.54) is 0 Å². The lowest BCUT2D eigenvalue weighted by Crippen LogP contribution is -2.59. The molecule has 21 heavy (non-hydrogen) atoms. The quantitative estimate of drug-likeness (QED) is 0.309. The van der Waals surface area contributed by atoms with Crippen LogP contribution in [0.5, 0.6) is 0 Å². The zero-order valence-electron chi connectivity index (χ0n) is 12.2. The van der Waals surface area contributed by atoms with E-state index in [2.05, 4.69) is 0 Å². The van der Waals surface area contributed by atoms with Crippen molar-refractivity contribution < 1.29 is 39.7 Å². The third-order valence-electron chi connectivity index (χ3n) is 3.25. The molecule has 1 heterocycles. The Kier molecular flexibility index (Phi) is 8.60. The molecular formula is C13H26O8. The van der Waals surface area contributed by atoms with Crippen LogP contribution in [0.15, 0.2) is 0 Å². The highest BCUT2D eigenvalue weighted by Gasteiger charge is 2.44. The van der Waals surface area contributed by atoms with Gasteiger partial charge in [-0.1, -0.05) is 13.3 Å². The van der Waals surface area contributed by atoms with Crippen molar-refractivity contribution in [2.45, 2.75) is 56.6 Å². The van der Waals surface area contributed by atoms with Gasteiger partial charge in [-0.15, -0.1) is 0 Å². The second kappa shape index (κ2) is 9.65. The molecule has 126 valence electrons. The number of ether oxygens (including phenoxy) is 3. The fraction of sp³-hybridized carbons (Fsp3) is 1.00. The zero-order valence-corrected chi connectivity index (χ0v) is 12.2. The van der Waals surface area contributed by atoms with Gasteiger partial charge in [-0.25, -0.2) is 0 Å². The second-order valence-corrected chi connectivity index (χ2v) is 5.11. The summed E-state index contributed by atoms with van der Waals surface area (Å²) in [5.74, 6) is 0. The molecule has 1 saturated heterocycles. The van der Waals surface area contributed by atoms with Gasteiger partial charge < -0.3 is 39.7 Å². The normalized spacial score (nSPS) is 34.9. The molecule has 1 unspecified atom stereocenters. The average molecular weight is 310 g/mol. The van der Waals surface area contributed by atoms with E-state index >= 15 is 0 Å². The lowest BCUT2D eigenvalue weighted by molar-refractivity contribution is -0.305. The molecule has 0 aromatic carbocycles. The van der Waals surface area contributed by atoms with Crippen LogP contribution in [0, 0.1) is 0 Å². The van der Waals surface area contributed by atoms with Crippen LogP contribution in [0.4, 0.5) is 0 Å². The highest BCUT2D eigenvalue weighted by molar-refractivity contribution is 4.88. The molecule has 0 aliphatic carbocycles. The Morgan fingerprint density at radius 3 is 2.43 bits per heavy atom. The molecule has 0 aromatic heterocycles. The van der Waals surface area contributed by atoms with E-state index in [9.17, 15) is 20.4 Å². The van der Waals surface area contributed by atoms with Gasteiger partial charge in [-0.05, 0) is 6.42 Å². The SMILES string of the molecule is CCCCOCC(O)CO[C@H]1O[C@H](CO)[C@H](O)[C@H](O)[C@H]1O. The van der Waals surface area contributed by atoms with Crippen LogP contribution in [-0.2, 0) is 14.2 Å². The molecule has 0 saturated carbocycles. The zero-order chi connectivity index (χ0) is 15.8. The first-order valence-corrected chi connectivity index (χ1v) is 7.19. The summed E-state index contributed by atoms with van der Waals surface area (Å²) in [5.41, 5.74) is 0. The summed E-state index contributed by atoms with van der Waals surface area (Å²) in [5, 5.41) is 47.6. The lowest BCUT2D eigenvalue weighted by atomic mass is 9.99. The van der Waals surface area contributed by atoms with Crippen LogP contribution >= 0.6 is 0 Å². The van der Waals surface area contributed by atoms with Gasteiger partial charge in [0.2, 0.25) is 0 Å². The number of aliphatic hydroxyl groups is 5. The van der Waals surface area contributed by atoms with Crippen molar-refractivity contribution in [1.29, 1.82) is 0 Å². The van der Waals surface area contributed by atoms with Crippen molar-refractivity contribution in [3.63, 3.8) is 0 Å². The van der Waals surface area contributed by atoms with Crippen LogP contribution in [0.1, 0.15) is 19.8 Å². The van der Waals surface area contributed by atoms with Crippen LogP contribution in [-0.4, -0.2) is 88.8 Å². The second-order valence-electron chi connectivity index (χ2n) is 5.11. The summed E-state index contributed by atoms with van der Waals surface area (Å²) in [6.45, 7) is 2.00. The van der Waals surface area contributed by atoms with Gasteiger partial charge in [-0.2, -0.15) is 0 Å². The van der Waals surface area contributed by atoms with Crippen molar-refractivity contribution in [3.8, 4) is 0 Å². The maximum Gasteiger partial charge on any atom is 0.186 e. The smallest absolute Gasteiger partial charge is 0.186 e. The predicted octanol–water partition coefficient (Wildman–Crippen LogP) is -2.02. The fourth-order valence-electron chi connectivity index (χ4n) is 1.92. The van der Waals surface area contributed by atoms with Crippen molar-refractivity contribution in [2.24, 2.45) is 0 Å². The molecule has 5 N–H and O–H groups in total.